The van der Waals surface area contributed by atoms with Gasteiger partial charge in [0.05, 0.1) is 13.1 Å². The van der Waals surface area contributed by atoms with Gasteiger partial charge < -0.3 is 14.3 Å². The summed E-state index contributed by atoms with van der Waals surface area (Å²) in [6.45, 7) is 9.05. The molecule has 0 unspecified atom stereocenters. The third-order valence-electron chi connectivity index (χ3n) is 3.39. The van der Waals surface area contributed by atoms with Gasteiger partial charge in [-0.2, -0.15) is 0 Å². The Morgan fingerprint density at radius 3 is 2.90 bits per heavy atom. The fraction of sp³-hybridized carbons (Fsp3) is 0.562. The fourth-order valence-electron chi connectivity index (χ4n) is 2.33. The molecule has 2 heterocycles. The van der Waals surface area contributed by atoms with Crippen molar-refractivity contribution in [2.75, 3.05) is 6.54 Å². The molecule has 0 saturated carbocycles. The zero-order valence-corrected chi connectivity index (χ0v) is 12.8. The van der Waals surface area contributed by atoms with Crippen molar-refractivity contribution in [3.05, 3.63) is 41.4 Å². The van der Waals surface area contributed by atoms with Crippen molar-refractivity contribution in [3.63, 3.8) is 0 Å². The van der Waals surface area contributed by atoms with E-state index in [0.29, 0.717) is 0 Å². The van der Waals surface area contributed by atoms with Gasteiger partial charge in [-0.3, -0.25) is 0 Å². The first kappa shape index (κ1) is 14.9. The minimum atomic E-state index is 0.768. The first-order valence-electron chi connectivity index (χ1n) is 7.53. The van der Waals surface area contributed by atoms with E-state index >= 15 is 0 Å². The molecule has 0 aliphatic rings. The van der Waals surface area contributed by atoms with Crippen LogP contribution in [0.3, 0.4) is 0 Å². The van der Waals surface area contributed by atoms with E-state index in [9.17, 15) is 0 Å². The Kier molecular flexibility index (Phi) is 5.41. The molecule has 1 N–H and O–H groups in total. The van der Waals surface area contributed by atoms with Gasteiger partial charge in [0, 0.05) is 18.8 Å². The van der Waals surface area contributed by atoms with Crippen molar-refractivity contribution >= 4 is 0 Å². The van der Waals surface area contributed by atoms with Gasteiger partial charge in [-0.1, -0.05) is 13.8 Å². The van der Waals surface area contributed by atoms with E-state index in [0.717, 1.165) is 56.2 Å². The number of hydrogen-bond donors (Lipinski definition) is 1. The molecule has 0 spiro atoms. The van der Waals surface area contributed by atoms with E-state index in [2.05, 4.69) is 41.7 Å². The second-order valence-corrected chi connectivity index (χ2v) is 5.22. The number of nitrogens with one attached hydrogen (secondary N) is 1. The Morgan fingerprint density at radius 2 is 2.15 bits per heavy atom. The summed E-state index contributed by atoms with van der Waals surface area (Å²) in [5.41, 5.74) is 1.22. The Labute approximate surface area is 121 Å². The standard InChI is InChI=1S/C16H25N3O/c1-4-6-16-18-8-9-19(16)12-14-10-13(3)15(20-14)11-17-7-5-2/h8-10,17H,4-7,11-12H2,1-3H3. The molecule has 0 fully saturated rings. The van der Waals surface area contributed by atoms with Gasteiger partial charge in [0.2, 0.25) is 0 Å². The Morgan fingerprint density at radius 1 is 1.30 bits per heavy atom. The van der Waals surface area contributed by atoms with Crippen molar-refractivity contribution < 1.29 is 4.42 Å². The number of aryl methyl sites for hydroxylation is 2. The van der Waals surface area contributed by atoms with E-state index in [1.165, 1.54) is 5.56 Å². The smallest absolute Gasteiger partial charge is 0.124 e. The van der Waals surface area contributed by atoms with Crippen LogP contribution in [-0.4, -0.2) is 16.1 Å². The van der Waals surface area contributed by atoms with E-state index in [1.54, 1.807) is 0 Å². The molecular weight excluding hydrogens is 250 g/mol. The van der Waals surface area contributed by atoms with Crippen LogP contribution in [0.1, 0.15) is 49.6 Å². The molecule has 2 aromatic heterocycles. The van der Waals surface area contributed by atoms with Crippen LogP contribution in [-0.2, 0) is 19.5 Å². The molecule has 2 aromatic rings. The van der Waals surface area contributed by atoms with Gasteiger partial charge in [-0.15, -0.1) is 0 Å². The van der Waals surface area contributed by atoms with Gasteiger partial charge in [0.1, 0.15) is 17.3 Å². The molecule has 0 atom stereocenters. The highest BCUT2D eigenvalue weighted by molar-refractivity contribution is 5.20. The summed E-state index contributed by atoms with van der Waals surface area (Å²) in [5.74, 6) is 3.18. The van der Waals surface area contributed by atoms with Crippen LogP contribution in [0.15, 0.2) is 22.9 Å². The molecule has 0 bridgehead atoms. The van der Waals surface area contributed by atoms with Crippen LogP contribution in [0.2, 0.25) is 0 Å². The lowest BCUT2D eigenvalue weighted by Crippen LogP contribution is -2.13. The van der Waals surface area contributed by atoms with E-state index in [-0.39, 0.29) is 0 Å². The normalized spacial score (nSPS) is 11.2. The minimum Gasteiger partial charge on any atom is -0.463 e. The first-order chi connectivity index (χ1) is 9.74. The second-order valence-electron chi connectivity index (χ2n) is 5.22. The lowest BCUT2D eigenvalue weighted by Gasteiger charge is -2.05. The predicted molar refractivity (Wildman–Crippen MR) is 80.8 cm³/mol. The van der Waals surface area contributed by atoms with Crippen LogP contribution < -0.4 is 5.32 Å². The third kappa shape index (κ3) is 3.73. The highest BCUT2D eigenvalue weighted by Crippen LogP contribution is 2.16. The summed E-state index contributed by atoms with van der Waals surface area (Å²) >= 11 is 0. The van der Waals surface area contributed by atoms with Gasteiger partial charge in [0.25, 0.3) is 0 Å². The highest BCUT2D eigenvalue weighted by Gasteiger charge is 2.09. The summed E-state index contributed by atoms with van der Waals surface area (Å²) in [6.07, 6.45) is 7.16. The number of rotatable bonds is 8. The van der Waals surface area contributed by atoms with E-state index < -0.39 is 0 Å². The number of hydrogen-bond acceptors (Lipinski definition) is 3. The third-order valence-corrected chi connectivity index (χ3v) is 3.39. The topological polar surface area (TPSA) is 43.0 Å². The summed E-state index contributed by atoms with van der Waals surface area (Å²) < 4.78 is 8.13. The summed E-state index contributed by atoms with van der Waals surface area (Å²) in [6, 6.07) is 2.14. The largest absolute Gasteiger partial charge is 0.463 e. The molecule has 0 radical (unpaired) electrons. The number of aromatic nitrogens is 2. The van der Waals surface area contributed by atoms with Gasteiger partial charge in [0.15, 0.2) is 0 Å². The Hall–Kier alpha value is -1.55. The van der Waals surface area contributed by atoms with Crippen LogP contribution in [0.25, 0.3) is 0 Å². The number of imidazole rings is 1. The number of furan rings is 1. The van der Waals surface area contributed by atoms with E-state index in [4.69, 9.17) is 4.42 Å². The average Bonchev–Trinajstić information content (AvgIpc) is 2.99. The van der Waals surface area contributed by atoms with Crippen LogP contribution in [0, 0.1) is 6.92 Å². The van der Waals surface area contributed by atoms with Crippen molar-refractivity contribution in [2.45, 2.75) is 53.1 Å². The molecule has 2 rings (SSSR count). The molecule has 0 aliphatic heterocycles. The zero-order chi connectivity index (χ0) is 14.4. The zero-order valence-electron chi connectivity index (χ0n) is 12.8. The highest BCUT2D eigenvalue weighted by atomic mass is 16.3. The van der Waals surface area contributed by atoms with Crippen LogP contribution >= 0.6 is 0 Å². The molecule has 0 aliphatic carbocycles. The molecule has 110 valence electrons. The van der Waals surface area contributed by atoms with E-state index in [1.807, 2.05) is 12.4 Å². The van der Waals surface area contributed by atoms with Gasteiger partial charge in [-0.05, 0) is 37.9 Å². The van der Waals surface area contributed by atoms with Gasteiger partial charge >= 0.3 is 0 Å². The summed E-state index contributed by atoms with van der Waals surface area (Å²) in [7, 11) is 0. The molecule has 0 amide bonds. The molecule has 20 heavy (non-hydrogen) atoms. The van der Waals surface area contributed by atoms with Crippen molar-refractivity contribution in [2.24, 2.45) is 0 Å². The lowest BCUT2D eigenvalue weighted by atomic mass is 10.2. The maximum Gasteiger partial charge on any atom is 0.124 e. The monoisotopic (exact) mass is 275 g/mol. The summed E-state index contributed by atoms with van der Waals surface area (Å²) in [4.78, 5) is 4.40. The maximum atomic E-state index is 5.96. The predicted octanol–water partition coefficient (Wildman–Crippen LogP) is 3.28. The quantitative estimate of drug-likeness (QED) is 0.752. The molecular formula is C16H25N3O. The van der Waals surface area contributed by atoms with Crippen molar-refractivity contribution in [1.29, 1.82) is 0 Å². The van der Waals surface area contributed by atoms with Crippen molar-refractivity contribution in [1.82, 2.24) is 14.9 Å². The summed E-state index contributed by atoms with van der Waals surface area (Å²) in [5, 5.41) is 3.38. The lowest BCUT2D eigenvalue weighted by molar-refractivity contribution is 0.433. The molecule has 4 nitrogen and oxygen atoms in total. The molecule has 4 heteroatoms. The van der Waals surface area contributed by atoms with Crippen LogP contribution in [0.5, 0.6) is 0 Å². The SMILES string of the molecule is CCCNCc1oc(Cn2ccnc2CCC)cc1C. The Balaban J connectivity index is 2.02. The maximum absolute atomic E-state index is 5.96. The average molecular weight is 275 g/mol. The molecule has 0 saturated heterocycles. The molecule has 0 aromatic carbocycles. The number of nitrogens with zero attached hydrogens (tertiary/aromatic N) is 2. The van der Waals surface area contributed by atoms with Gasteiger partial charge in [-0.25, -0.2) is 4.98 Å². The van der Waals surface area contributed by atoms with Crippen molar-refractivity contribution in [3.8, 4) is 0 Å². The minimum absolute atomic E-state index is 0.768. The first-order valence-corrected chi connectivity index (χ1v) is 7.53. The second kappa shape index (κ2) is 7.29. The Bertz CT molecular complexity index is 528. The fourth-order valence-corrected chi connectivity index (χ4v) is 2.33. The van der Waals surface area contributed by atoms with Crippen LogP contribution in [0.4, 0.5) is 0 Å².